The number of hydrogen-bond acceptors (Lipinski definition) is 2. The van der Waals surface area contributed by atoms with Gasteiger partial charge in [-0.3, -0.25) is 0 Å². The fourth-order valence-electron chi connectivity index (χ4n) is 2.66. The minimum atomic E-state index is -0.964. The van der Waals surface area contributed by atoms with Gasteiger partial charge in [0.05, 0.1) is 11.3 Å². The van der Waals surface area contributed by atoms with Crippen LogP contribution in [0.25, 0.3) is 0 Å². The van der Waals surface area contributed by atoms with Crippen LogP contribution < -0.4 is 4.90 Å². The Bertz CT molecular complexity index is 697. The van der Waals surface area contributed by atoms with Crippen LogP contribution in [0, 0.1) is 12.7 Å². The van der Waals surface area contributed by atoms with Crippen LogP contribution in [-0.4, -0.2) is 17.6 Å². The van der Waals surface area contributed by atoms with Crippen LogP contribution in [0.4, 0.5) is 15.8 Å². The SMILES string of the molecule is Cc1ccc(N2CCc3ccc(F)cc32)c(C(=O)O)c1. The summed E-state index contributed by atoms with van der Waals surface area (Å²) in [6.07, 6.45) is 0.794. The van der Waals surface area contributed by atoms with Gasteiger partial charge in [-0.2, -0.15) is 0 Å². The molecule has 2 aromatic rings. The molecule has 0 saturated heterocycles. The fourth-order valence-corrected chi connectivity index (χ4v) is 2.66. The van der Waals surface area contributed by atoms with Crippen LogP contribution in [0.3, 0.4) is 0 Å². The van der Waals surface area contributed by atoms with Gasteiger partial charge in [-0.1, -0.05) is 17.7 Å². The molecule has 0 unspecified atom stereocenters. The molecular formula is C16H14FNO2. The van der Waals surface area contributed by atoms with Crippen LogP contribution in [0.1, 0.15) is 21.5 Å². The number of rotatable bonds is 2. The Morgan fingerprint density at radius 1 is 1.20 bits per heavy atom. The summed E-state index contributed by atoms with van der Waals surface area (Å²) >= 11 is 0. The molecule has 0 bridgehead atoms. The zero-order chi connectivity index (χ0) is 14.3. The molecular weight excluding hydrogens is 257 g/mol. The summed E-state index contributed by atoms with van der Waals surface area (Å²) in [5, 5.41) is 9.35. The first-order chi connectivity index (χ1) is 9.56. The van der Waals surface area contributed by atoms with Gasteiger partial charge >= 0.3 is 5.97 Å². The number of aromatic carboxylic acids is 1. The molecule has 2 aromatic carbocycles. The van der Waals surface area contributed by atoms with Crippen LogP contribution in [0.5, 0.6) is 0 Å². The number of halogens is 1. The molecule has 0 aromatic heterocycles. The van der Waals surface area contributed by atoms with E-state index in [1.807, 2.05) is 17.9 Å². The Kier molecular flexibility index (Phi) is 2.93. The largest absolute Gasteiger partial charge is 0.478 e. The van der Waals surface area contributed by atoms with Crippen LogP contribution >= 0.6 is 0 Å². The van der Waals surface area contributed by atoms with E-state index in [0.29, 0.717) is 12.2 Å². The first-order valence-electron chi connectivity index (χ1n) is 6.46. The predicted octanol–water partition coefficient (Wildman–Crippen LogP) is 3.53. The van der Waals surface area contributed by atoms with Gasteiger partial charge in [0.1, 0.15) is 5.82 Å². The van der Waals surface area contributed by atoms with E-state index in [-0.39, 0.29) is 11.4 Å². The first kappa shape index (κ1) is 12.7. The molecule has 0 fully saturated rings. The number of benzene rings is 2. The van der Waals surface area contributed by atoms with Crippen LogP contribution in [0.15, 0.2) is 36.4 Å². The van der Waals surface area contributed by atoms with E-state index < -0.39 is 5.97 Å². The lowest BCUT2D eigenvalue weighted by atomic mass is 10.1. The van der Waals surface area contributed by atoms with E-state index >= 15 is 0 Å². The van der Waals surface area contributed by atoms with Crippen LogP contribution in [0.2, 0.25) is 0 Å². The highest BCUT2D eigenvalue weighted by Crippen LogP contribution is 2.37. The number of aryl methyl sites for hydroxylation is 1. The molecule has 102 valence electrons. The van der Waals surface area contributed by atoms with Crippen molar-refractivity contribution in [3.05, 3.63) is 58.9 Å². The summed E-state index contributed by atoms with van der Waals surface area (Å²) in [5.41, 5.74) is 3.57. The lowest BCUT2D eigenvalue weighted by molar-refractivity contribution is 0.0697. The summed E-state index contributed by atoms with van der Waals surface area (Å²) in [6.45, 7) is 2.52. The Labute approximate surface area is 116 Å². The summed E-state index contributed by atoms with van der Waals surface area (Å²) in [7, 11) is 0. The molecule has 3 rings (SSSR count). The second kappa shape index (κ2) is 4.63. The molecule has 0 aliphatic carbocycles. The molecule has 1 aliphatic rings. The highest BCUT2D eigenvalue weighted by atomic mass is 19.1. The lowest BCUT2D eigenvalue weighted by Crippen LogP contribution is -2.17. The summed E-state index contributed by atoms with van der Waals surface area (Å²) in [5.74, 6) is -1.27. The minimum Gasteiger partial charge on any atom is -0.478 e. The Hall–Kier alpha value is -2.36. The van der Waals surface area contributed by atoms with Gasteiger partial charge in [0.2, 0.25) is 0 Å². The third kappa shape index (κ3) is 2.03. The van der Waals surface area contributed by atoms with Gasteiger partial charge < -0.3 is 10.0 Å². The van der Waals surface area contributed by atoms with Crippen molar-refractivity contribution in [3.63, 3.8) is 0 Å². The van der Waals surface area contributed by atoms with E-state index in [1.54, 1.807) is 18.2 Å². The minimum absolute atomic E-state index is 0.252. The van der Waals surface area contributed by atoms with E-state index in [4.69, 9.17) is 0 Å². The molecule has 20 heavy (non-hydrogen) atoms. The molecule has 0 spiro atoms. The normalized spacial score (nSPS) is 13.4. The van der Waals surface area contributed by atoms with Gasteiger partial charge in [0.15, 0.2) is 0 Å². The molecule has 0 saturated carbocycles. The first-order valence-corrected chi connectivity index (χ1v) is 6.46. The summed E-state index contributed by atoms with van der Waals surface area (Å²) in [4.78, 5) is 13.3. The van der Waals surface area contributed by atoms with Crippen molar-refractivity contribution < 1.29 is 14.3 Å². The molecule has 0 amide bonds. The van der Waals surface area contributed by atoms with Crippen LogP contribution in [-0.2, 0) is 6.42 Å². The van der Waals surface area contributed by atoms with Crippen molar-refractivity contribution in [2.24, 2.45) is 0 Å². The van der Waals surface area contributed by atoms with Crippen molar-refractivity contribution in [1.82, 2.24) is 0 Å². The number of carboxylic acids is 1. The molecule has 4 heteroatoms. The third-order valence-corrected chi connectivity index (χ3v) is 3.62. The number of fused-ring (bicyclic) bond motifs is 1. The summed E-state index contributed by atoms with van der Waals surface area (Å²) in [6, 6.07) is 9.98. The van der Waals surface area contributed by atoms with Crippen molar-refractivity contribution >= 4 is 17.3 Å². The fraction of sp³-hybridized carbons (Fsp3) is 0.188. The number of carboxylic acid groups (broad SMARTS) is 1. The maximum Gasteiger partial charge on any atom is 0.337 e. The lowest BCUT2D eigenvalue weighted by Gasteiger charge is -2.22. The molecule has 3 nitrogen and oxygen atoms in total. The Morgan fingerprint density at radius 2 is 2.00 bits per heavy atom. The number of hydrogen-bond donors (Lipinski definition) is 1. The average Bonchev–Trinajstić information content (AvgIpc) is 2.81. The molecule has 1 heterocycles. The maximum atomic E-state index is 13.4. The maximum absolute atomic E-state index is 13.4. The standard InChI is InChI=1S/C16H14FNO2/c1-10-2-5-14(13(8-10)16(19)20)18-7-6-11-3-4-12(17)9-15(11)18/h2-5,8-9H,6-7H2,1H3,(H,19,20). The van der Waals surface area contributed by atoms with Gasteiger partial charge in [-0.15, -0.1) is 0 Å². The van der Waals surface area contributed by atoms with Crippen molar-refractivity contribution in [2.75, 3.05) is 11.4 Å². The highest BCUT2D eigenvalue weighted by Gasteiger charge is 2.24. The molecule has 1 aliphatic heterocycles. The Balaban J connectivity index is 2.13. The second-order valence-electron chi connectivity index (χ2n) is 5.00. The van der Waals surface area contributed by atoms with Gasteiger partial charge in [-0.05, 0) is 43.2 Å². The van der Waals surface area contributed by atoms with Crippen molar-refractivity contribution in [3.8, 4) is 0 Å². The van der Waals surface area contributed by atoms with Crippen molar-refractivity contribution in [1.29, 1.82) is 0 Å². The number of nitrogens with zero attached hydrogens (tertiary/aromatic N) is 1. The van der Waals surface area contributed by atoms with E-state index in [1.165, 1.54) is 12.1 Å². The summed E-state index contributed by atoms with van der Waals surface area (Å²) < 4.78 is 13.4. The smallest absolute Gasteiger partial charge is 0.337 e. The van der Waals surface area contributed by atoms with E-state index in [9.17, 15) is 14.3 Å². The average molecular weight is 271 g/mol. The zero-order valence-corrected chi connectivity index (χ0v) is 11.1. The molecule has 1 N–H and O–H groups in total. The number of carbonyl (C=O) groups is 1. The second-order valence-corrected chi connectivity index (χ2v) is 5.00. The quantitative estimate of drug-likeness (QED) is 0.908. The van der Waals surface area contributed by atoms with Crippen molar-refractivity contribution in [2.45, 2.75) is 13.3 Å². The van der Waals surface area contributed by atoms with E-state index in [2.05, 4.69) is 0 Å². The van der Waals surface area contributed by atoms with Gasteiger partial charge in [0, 0.05) is 12.2 Å². The zero-order valence-electron chi connectivity index (χ0n) is 11.1. The highest BCUT2D eigenvalue weighted by molar-refractivity contribution is 5.96. The molecule has 0 atom stereocenters. The van der Waals surface area contributed by atoms with Gasteiger partial charge in [-0.25, -0.2) is 9.18 Å². The topological polar surface area (TPSA) is 40.5 Å². The van der Waals surface area contributed by atoms with Gasteiger partial charge in [0.25, 0.3) is 0 Å². The Morgan fingerprint density at radius 3 is 2.75 bits per heavy atom. The monoisotopic (exact) mass is 271 g/mol. The molecule has 0 radical (unpaired) electrons. The number of anilines is 2. The predicted molar refractivity (Wildman–Crippen MR) is 75.2 cm³/mol. The third-order valence-electron chi connectivity index (χ3n) is 3.62. The van der Waals surface area contributed by atoms with E-state index in [0.717, 1.165) is 23.2 Å².